The number of hydrogen-bond donors (Lipinski definition) is 2. The smallest absolute Gasteiger partial charge is 0.259 e. The molecular weight excluding hydrogens is 676 g/mol. The Morgan fingerprint density at radius 3 is 2.25 bits per heavy atom. The average molecular weight is 731 g/mol. The van der Waals surface area contributed by atoms with Crippen LogP contribution in [0.25, 0.3) is 0 Å². The molecule has 1 heterocycles. The first kappa shape index (κ1) is 40.6. The third-order valence-corrected chi connectivity index (χ3v) is 8.99. The fraction of sp³-hybridized carbons (Fsp3) is 0.450. The molecular formula is C40H54N6O7. The lowest BCUT2D eigenvalue weighted by Gasteiger charge is -2.32. The first-order valence-corrected chi connectivity index (χ1v) is 18.2. The van der Waals surface area contributed by atoms with E-state index < -0.39 is 5.91 Å². The van der Waals surface area contributed by atoms with Crippen LogP contribution in [0.4, 0.5) is 11.4 Å². The fourth-order valence-electron chi connectivity index (χ4n) is 5.65. The van der Waals surface area contributed by atoms with Gasteiger partial charge in [0.05, 0.1) is 30.2 Å². The number of carbonyl (C=O) groups is 4. The molecule has 1 saturated heterocycles. The van der Waals surface area contributed by atoms with Gasteiger partial charge in [-0.25, -0.2) is 0 Å². The molecule has 286 valence electrons. The molecule has 0 aliphatic carbocycles. The number of carbonyl (C=O) groups excluding carboxylic acids is 4. The third kappa shape index (κ3) is 11.9. The van der Waals surface area contributed by atoms with Crippen molar-refractivity contribution in [1.29, 1.82) is 0 Å². The second-order valence-electron chi connectivity index (χ2n) is 13.4. The van der Waals surface area contributed by atoms with Crippen molar-refractivity contribution in [3.8, 4) is 17.2 Å². The maximum absolute atomic E-state index is 13.9. The number of amides is 4. The molecule has 0 atom stereocenters. The Hall–Kier alpha value is -5.14. The first-order valence-electron chi connectivity index (χ1n) is 18.2. The van der Waals surface area contributed by atoms with E-state index in [4.69, 9.17) is 19.9 Å². The highest BCUT2D eigenvalue weighted by Gasteiger charge is 2.22. The standard InChI is InChI=1S/C40H54N6O7/c1-29-15-18-33(36(26-29)52-24-10-6-7-14-37(47)46-22-20-44(4)21-23-46)45(5)40(50)30-16-17-32(35(27-30)53-28-38(48)43(2)3)42-39(49)31-12-8-9-13-34(31)51-25-11-19-41/h8-9,12-13,15-18,26-27H,6-7,10-11,14,19-25,28,41H2,1-5H3,(H,42,49). The molecule has 0 saturated carbocycles. The zero-order valence-corrected chi connectivity index (χ0v) is 31.7. The summed E-state index contributed by atoms with van der Waals surface area (Å²) in [7, 11) is 6.96. The van der Waals surface area contributed by atoms with Crippen LogP contribution in [-0.2, 0) is 9.59 Å². The summed E-state index contributed by atoms with van der Waals surface area (Å²) < 4.78 is 17.9. The molecule has 1 aliphatic heterocycles. The zero-order chi connectivity index (χ0) is 38.3. The highest BCUT2D eigenvalue weighted by Crippen LogP contribution is 2.33. The maximum Gasteiger partial charge on any atom is 0.259 e. The van der Waals surface area contributed by atoms with Crippen molar-refractivity contribution in [1.82, 2.24) is 14.7 Å². The fourth-order valence-corrected chi connectivity index (χ4v) is 5.65. The Morgan fingerprint density at radius 1 is 0.792 bits per heavy atom. The molecule has 0 radical (unpaired) electrons. The lowest BCUT2D eigenvalue weighted by Crippen LogP contribution is -2.47. The van der Waals surface area contributed by atoms with Gasteiger partial charge in [0, 0.05) is 59.3 Å². The van der Waals surface area contributed by atoms with Gasteiger partial charge >= 0.3 is 0 Å². The topological polar surface area (TPSA) is 147 Å². The summed E-state index contributed by atoms with van der Waals surface area (Å²) >= 11 is 0. The van der Waals surface area contributed by atoms with Crippen molar-refractivity contribution < 1.29 is 33.4 Å². The molecule has 0 bridgehead atoms. The molecule has 3 aromatic carbocycles. The van der Waals surface area contributed by atoms with Gasteiger partial charge in [-0.1, -0.05) is 18.2 Å². The van der Waals surface area contributed by atoms with Crippen molar-refractivity contribution in [2.75, 3.05) is 91.0 Å². The summed E-state index contributed by atoms with van der Waals surface area (Å²) in [6, 6.07) is 17.2. The van der Waals surface area contributed by atoms with Gasteiger partial charge in [-0.05, 0) is 94.2 Å². The van der Waals surface area contributed by atoms with Crippen molar-refractivity contribution in [3.05, 3.63) is 77.4 Å². The number of nitrogens with zero attached hydrogens (tertiary/aromatic N) is 4. The maximum atomic E-state index is 13.9. The van der Waals surface area contributed by atoms with Gasteiger partial charge < -0.3 is 44.9 Å². The molecule has 0 unspecified atom stereocenters. The monoisotopic (exact) mass is 730 g/mol. The third-order valence-electron chi connectivity index (χ3n) is 8.99. The number of likely N-dealkylation sites (N-methyl/N-ethyl adjacent to an activating group) is 2. The summed E-state index contributed by atoms with van der Waals surface area (Å²) in [6.45, 7) is 6.30. The SMILES string of the molecule is Cc1ccc(N(C)C(=O)c2ccc(NC(=O)c3ccccc3OCCCN)c(OCC(=O)N(C)C)c2)c(OCCCCCC(=O)N2CCN(C)CC2)c1. The number of nitrogens with two attached hydrogens (primary N) is 1. The van der Waals surface area contributed by atoms with Gasteiger partial charge in [0.2, 0.25) is 5.91 Å². The average Bonchev–Trinajstić information content (AvgIpc) is 3.15. The van der Waals surface area contributed by atoms with Crippen molar-refractivity contribution in [3.63, 3.8) is 0 Å². The summed E-state index contributed by atoms with van der Waals surface area (Å²) in [6.07, 6.45) is 3.58. The molecule has 3 N–H and O–H groups in total. The second-order valence-corrected chi connectivity index (χ2v) is 13.4. The highest BCUT2D eigenvalue weighted by atomic mass is 16.5. The van der Waals surface area contributed by atoms with E-state index in [0.29, 0.717) is 55.4 Å². The van der Waals surface area contributed by atoms with E-state index >= 15 is 0 Å². The lowest BCUT2D eigenvalue weighted by atomic mass is 10.1. The van der Waals surface area contributed by atoms with Crippen LogP contribution in [0.2, 0.25) is 0 Å². The number of aryl methyl sites for hydroxylation is 1. The van der Waals surface area contributed by atoms with Crippen LogP contribution >= 0.6 is 0 Å². The second kappa shape index (κ2) is 20.2. The quantitative estimate of drug-likeness (QED) is 0.182. The normalized spacial score (nSPS) is 12.9. The predicted octanol–water partition coefficient (Wildman–Crippen LogP) is 4.43. The molecule has 1 aliphatic rings. The zero-order valence-electron chi connectivity index (χ0n) is 31.7. The number of para-hydroxylation sites is 1. The van der Waals surface area contributed by atoms with Crippen molar-refractivity contribution >= 4 is 35.0 Å². The van der Waals surface area contributed by atoms with Gasteiger partial charge in [-0.15, -0.1) is 0 Å². The number of benzene rings is 3. The Balaban J connectivity index is 1.44. The summed E-state index contributed by atoms with van der Waals surface area (Å²) in [4.78, 5) is 59.5. The number of anilines is 2. The van der Waals surface area contributed by atoms with E-state index in [2.05, 4.69) is 17.3 Å². The van der Waals surface area contributed by atoms with Gasteiger partial charge in [-0.3, -0.25) is 19.2 Å². The van der Waals surface area contributed by atoms with Crippen molar-refractivity contribution in [2.24, 2.45) is 5.73 Å². The Labute approximate surface area is 312 Å². The van der Waals surface area contributed by atoms with Crippen LogP contribution in [0.3, 0.4) is 0 Å². The van der Waals surface area contributed by atoms with E-state index in [1.54, 1.807) is 57.5 Å². The molecule has 0 aromatic heterocycles. The van der Waals surface area contributed by atoms with E-state index in [-0.39, 0.29) is 41.3 Å². The minimum atomic E-state index is -0.448. The van der Waals surface area contributed by atoms with Crippen molar-refractivity contribution in [2.45, 2.75) is 39.0 Å². The molecule has 0 spiro atoms. The molecule has 53 heavy (non-hydrogen) atoms. The Morgan fingerprint density at radius 2 is 1.51 bits per heavy atom. The van der Waals surface area contributed by atoms with Crippen LogP contribution < -0.4 is 30.2 Å². The first-order chi connectivity index (χ1) is 25.5. The largest absolute Gasteiger partial charge is 0.493 e. The van der Waals surface area contributed by atoms with Gasteiger partial charge in [-0.2, -0.15) is 0 Å². The minimum Gasteiger partial charge on any atom is -0.493 e. The number of piperazine rings is 1. The Kier molecular flexibility index (Phi) is 15.5. The molecule has 4 amide bonds. The number of unbranched alkanes of at least 4 members (excludes halogenated alkanes) is 2. The van der Waals surface area contributed by atoms with E-state index in [9.17, 15) is 19.2 Å². The lowest BCUT2D eigenvalue weighted by molar-refractivity contribution is -0.133. The van der Waals surface area contributed by atoms with Crippen LogP contribution in [0.15, 0.2) is 60.7 Å². The summed E-state index contributed by atoms with van der Waals surface area (Å²) in [5.41, 5.74) is 8.03. The van der Waals surface area contributed by atoms with Crippen LogP contribution in [-0.4, -0.2) is 119 Å². The van der Waals surface area contributed by atoms with Gasteiger partial charge in [0.15, 0.2) is 6.61 Å². The van der Waals surface area contributed by atoms with Crippen LogP contribution in [0, 0.1) is 6.92 Å². The van der Waals surface area contributed by atoms with Gasteiger partial charge in [0.25, 0.3) is 17.7 Å². The molecule has 1 fully saturated rings. The van der Waals surface area contributed by atoms with Crippen LogP contribution in [0.1, 0.15) is 58.4 Å². The number of nitrogens with one attached hydrogen (secondary N) is 1. The van der Waals surface area contributed by atoms with Gasteiger partial charge in [0.1, 0.15) is 17.2 Å². The molecule has 13 nitrogen and oxygen atoms in total. The number of hydrogen-bond acceptors (Lipinski definition) is 9. The number of ether oxygens (including phenoxy) is 3. The summed E-state index contributed by atoms with van der Waals surface area (Å²) in [5, 5.41) is 2.85. The van der Waals surface area contributed by atoms with E-state index in [1.165, 1.54) is 15.9 Å². The molecule has 13 heteroatoms. The molecule has 3 aromatic rings. The predicted molar refractivity (Wildman–Crippen MR) is 206 cm³/mol. The number of rotatable bonds is 18. The minimum absolute atomic E-state index is 0.154. The van der Waals surface area contributed by atoms with E-state index in [0.717, 1.165) is 51.0 Å². The highest BCUT2D eigenvalue weighted by molar-refractivity contribution is 6.09. The Bertz CT molecular complexity index is 1710. The van der Waals surface area contributed by atoms with Crippen LogP contribution in [0.5, 0.6) is 17.2 Å². The molecule has 4 rings (SSSR count). The summed E-state index contributed by atoms with van der Waals surface area (Å²) in [5.74, 6) is 0.252. The van der Waals surface area contributed by atoms with E-state index in [1.807, 2.05) is 30.0 Å².